The number of carbonyl (C=O) groups excluding carboxylic acids is 1. The Morgan fingerprint density at radius 1 is 1.42 bits per heavy atom. The van der Waals surface area contributed by atoms with E-state index in [-0.39, 0.29) is 17.0 Å². The predicted octanol–water partition coefficient (Wildman–Crippen LogP) is 1.08. The highest BCUT2D eigenvalue weighted by molar-refractivity contribution is 5.84. The van der Waals surface area contributed by atoms with E-state index in [4.69, 9.17) is 4.74 Å². The van der Waals surface area contributed by atoms with Crippen molar-refractivity contribution < 1.29 is 9.53 Å². The second kappa shape index (κ2) is 2.73. The Bertz CT molecular complexity index is 189. The average Bonchev–Trinajstić information content (AvgIpc) is 2.64. The van der Waals surface area contributed by atoms with Gasteiger partial charge in [-0.2, -0.15) is 0 Å². The van der Waals surface area contributed by atoms with Gasteiger partial charge in [-0.3, -0.25) is 10.1 Å². The van der Waals surface area contributed by atoms with Crippen LogP contribution in [0.5, 0.6) is 0 Å². The summed E-state index contributed by atoms with van der Waals surface area (Å²) >= 11 is 0. The Morgan fingerprint density at radius 2 is 1.92 bits per heavy atom. The molecule has 0 atom stereocenters. The molecule has 0 spiro atoms. The van der Waals surface area contributed by atoms with E-state index in [1.54, 1.807) is 0 Å². The van der Waals surface area contributed by atoms with Crippen LogP contribution in [0.15, 0.2) is 0 Å². The Labute approximate surface area is 73.5 Å². The largest absolute Gasteiger partial charge is 0.468 e. The van der Waals surface area contributed by atoms with Gasteiger partial charge >= 0.3 is 5.97 Å². The third kappa shape index (κ3) is 1.97. The quantitative estimate of drug-likeness (QED) is 0.632. The zero-order valence-electron chi connectivity index (χ0n) is 8.23. The fraction of sp³-hybridized carbons (Fsp3) is 0.889. The van der Waals surface area contributed by atoms with Crippen LogP contribution >= 0.6 is 0 Å². The molecule has 1 aliphatic carbocycles. The fourth-order valence-electron chi connectivity index (χ4n) is 1.42. The maximum atomic E-state index is 11.3. The molecule has 0 amide bonds. The van der Waals surface area contributed by atoms with Crippen LogP contribution in [0.3, 0.4) is 0 Å². The van der Waals surface area contributed by atoms with Crippen molar-refractivity contribution in [2.75, 3.05) is 7.11 Å². The summed E-state index contributed by atoms with van der Waals surface area (Å²) in [6, 6.07) is 0. The number of carbonyl (C=O) groups is 1. The maximum absolute atomic E-state index is 11.3. The minimum Gasteiger partial charge on any atom is -0.468 e. The number of hydrogen-bond donors (Lipinski definition) is 1. The van der Waals surface area contributed by atoms with Gasteiger partial charge in [0, 0.05) is 5.54 Å². The summed E-state index contributed by atoms with van der Waals surface area (Å²) in [6.07, 6.45) is 1.80. The minimum absolute atomic E-state index is 0.0231. The second-order valence-corrected chi connectivity index (χ2v) is 4.45. The summed E-state index contributed by atoms with van der Waals surface area (Å²) in [6.45, 7) is 6.15. The summed E-state index contributed by atoms with van der Waals surface area (Å²) in [4.78, 5) is 11.3. The lowest BCUT2D eigenvalue weighted by Gasteiger charge is -2.26. The van der Waals surface area contributed by atoms with E-state index < -0.39 is 0 Å². The molecule has 0 aliphatic heterocycles. The Hall–Kier alpha value is -0.570. The molecule has 1 fully saturated rings. The van der Waals surface area contributed by atoms with Crippen molar-refractivity contribution in [3.63, 3.8) is 0 Å². The highest BCUT2D eigenvalue weighted by Crippen LogP contribution is 2.38. The molecule has 0 aromatic carbocycles. The molecule has 0 bridgehead atoms. The van der Waals surface area contributed by atoms with E-state index in [1.165, 1.54) is 7.11 Å². The molecule has 12 heavy (non-hydrogen) atoms. The van der Waals surface area contributed by atoms with Crippen LogP contribution in [-0.4, -0.2) is 24.2 Å². The Kier molecular flexibility index (Phi) is 2.17. The zero-order chi connectivity index (χ0) is 9.41. The highest BCUT2D eigenvalue weighted by atomic mass is 16.5. The van der Waals surface area contributed by atoms with Gasteiger partial charge < -0.3 is 4.74 Å². The molecule has 0 unspecified atom stereocenters. The molecule has 0 saturated heterocycles. The van der Waals surface area contributed by atoms with Crippen LogP contribution in [-0.2, 0) is 9.53 Å². The minimum atomic E-state index is -0.368. The van der Waals surface area contributed by atoms with Gasteiger partial charge in [0.05, 0.1) is 7.11 Å². The van der Waals surface area contributed by atoms with Crippen LogP contribution < -0.4 is 5.32 Å². The zero-order valence-corrected chi connectivity index (χ0v) is 8.23. The summed E-state index contributed by atoms with van der Waals surface area (Å²) in [5, 5.41) is 3.28. The first-order valence-corrected chi connectivity index (χ1v) is 4.27. The van der Waals surface area contributed by atoms with Gasteiger partial charge in [0.15, 0.2) is 0 Å². The standard InChI is InChI=1S/C9H17NO2/c1-8(2,3)10-9(5-6-9)7(11)12-4/h10H,5-6H2,1-4H3. The molecule has 70 valence electrons. The van der Waals surface area contributed by atoms with Crippen molar-refractivity contribution >= 4 is 5.97 Å². The van der Waals surface area contributed by atoms with Crippen molar-refractivity contribution in [2.24, 2.45) is 0 Å². The van der Waals surface area contributed by atoms with Crippen molar-refractivity contribution in [1.29, 1.82) is 0 Å². The van der Waals surface area contributed by atoms with Gasteiger partial charge in [-0.05, 0) is 33.6 Å². The van der Waals surface area contributed by atoms with E-state index in [0.29, 0.717) is 0 Å². The second-order valence-electron chi connectivity index (χ2n) is 4.45. The number of esters is 1. The normalized spacial score (nSPS) is 20.3. The molecule has 1 rings (SSSR count). The molecule has 1 aliphatic rings. The average molecular weight is 171 g/mol. The van der Waals surface area contributed by atoms with Crippen molar-refractivity contribution in [1.82, 2.24) is 5.32 Å². The summed E-state index contributed by atoms with van der Waals surface area (Å²) in [5.41, 5.74) is -0.391. The number of methoxy groups -OCH3 is 1. The van der Waals surface area contributed by atoms with Crippen molar-refractivity contribution in [3.05, 3.63) is 0 Å². The topological polar surface area (TPSA) is 38.3 Å². The van der Waals surface area contributed by atoms with Crippen LogP contribution in [0.25, 0.3) is 0 Å². The SMILES string of the molecule is COC(=O)C1(NC(C)(C)C)CC1. The first-order chi connectivity index (χ1) is 5.40. The number of rotatable bonds is 2. The fourth-order valence-corrected chi connectivity index (χ4v) is 1.42. The molecular formula is C9H17NO2. The van der Waals surface area contributed by atoms with E-state index in [9.17, 15) is 4.79 Å². The molecular weight excluding hydrogens is 154 g/mol. The third-order valence-corrected chi connectivity index (χ3v) is 1.94. The van der Waals surface area contributed by atoms with E-state index in [2.05, 4.69) is 26.1 Å². The number of nitrogens with one attached hydrogen (secondary N) is 1. The van der Waals surface area contributed by atoms with Crippen molar-refractivity contribution in [3.8, 4) is 0 Å². The lowest BCUT2D eigenvalue weighted by atomic mass is 10.1. The van der Waals surface area contributed by atoms with Gasteiger partial charge in [-0.15, -0.1) is 0 Å². The maximum Gasteiger partial charge on any atom is 0.326 e. The first-order valence-electron chi connectivity index (χ1n) is 4.27. The predicted molar refractivity (Wildman–Crippen MR) is 46.9 cm³/mol. The van der Waals surface area contributed by atoms with Gasteiger partial charge in [-0.25, -0.2) is 0 Å². The van der Waals surface area contributed by atoms with Crippen molar-refractivity contribution in [2.45, 2.75) is 44.7 Å². The monoisotopic (exact) mass is 171 g/mol. The third-order valence-electron chi connectivity index (χ3n) is 1.94. The summed E-state index contributed by atoms with van der Waals surface area (Å²) < 4.78 is 4.72. The Balaban J connectivity index is 2.56. The Morgan fingerprint density at radius 3 is 2.17 bits per heavy atom. The molecule has 0 heterocycles. The lowest BCUT2D eigenvalue weighted by molar-refractivity contribution is -0.145. The summed E-state index contributed by atoms with van der Waals surface area (Å²) in [5.74, 6) is -0.127. The van der Waals surface area contributed by atoms with Gasteiger partial charge in [0.2, 0.25) is 0 Å². The van der Waals surface area contributed by atoms with Gasteiger partial charge in [0.25, 0.3) is 0 Å². The summed E-state index contributed by atoms with van der Waals surface area (Å²) in [7, 11) is 1.44. The molecule has 0 radical (unpaired) electrons. The number of ether oxygens (including phenoxy) is 1. The number of hydrogen-bond acceptors (Lipinski definition) is 3. The smallest absolute Gasteiger partial charge is 0.326 e. The highest BCUT2D eigenvalue weighted by Gasteiger charge is 2.52. The van der Waals surface area contributed by atoms with E-state index in [1.807, 2.05) is 0 Å². The van der Waals surface area contributed by atoms with Crippen LogP contribution in [0, 0.1) is 0 Å². The van der Waals surface area contributed by atoms with Crippen LogP contribution in [0.2, 0.25) is 0 Å². The van der Waals surface area contributed by atoms with Crippen LogP contribution in [0.4, 0.5) is 0 Å². The molecule has 3 heteroatoms. The van der Waals surface area contributed by atoms with Crippen LogP contribution in [0.1, 0.15) is 33.6 Å². The molecule has 0 aromatic rings. The lowest BCUT2D eigenvalue weighted by Crippen LogP contribution is -2.50. The van der Waals surface area contributed by atoms with E-state index >= 15 is 0 Å². The molecule has 3 nitrogen and oxygen atoms in total. The van der Waals surface area contributed by atoms with Gasteiger partial charge in [-0.1, -0.05) is 0 Å². The van der Waals surface area contributed by atoms with E-state index in [0.717, 1.165) is 12.8 Å². The molecule has 0 aromatic heterocycles. The molecule has 1 N–H and O–H groups in total. The molecule has 1 saturated carbocycles. The van der Waals surface area contributed by atoms with Gasteiger partial charge in [0.1, 0.15) is 5.54 Å². The first kappa shape index (κ1) is 9.52.